The normalized spacial score (nSPS) is 22.0. The van der Waals surface area contributed by atoms with Crippen LogP contribution < -0.4 is 4.74 Å². The van der Waals surface area contributed by atoms with E-state index in [2.05, 4.69) is 63.2 Å². The van der Waals surface area contributed by atoms with Gasteiger partial charge < -0.3 is 9.84 Å². The molecule has 5 rings (SSSR count). The van der Waals surface area contributed by atoms with Crippen molar-refractivity contribution >= 4 is 0 Å². The van der Waals surface area contributed by atoms with Gasteiger partial charge in [-0.2, -0.15) is 0 Å². The summed E-state index contributed by atoms with van der Waals surface area (Å²) in [6, 6.07) is 18.8. The van der Waals surface area contributed by atoms with E-state index >= 15 is 0 Å². The first kappa shape index (κ1) is 22.8. The average Bonchev–Trinajstić information content (AvgIpc) is 3.30. The summed E-state index contributed by atoms with van der Waals surface area (Å²) in [5.41, 5.74) is 11.7. The van der Waals surface area contributed by atoms with E-state index in [9.17, 15) is 5.11 Å². The first-order chi connectivity index (χ1) is 16.5. The topological polar surface area (TPSA) is 29.5 Å². The monoisotopic (exact) mass is 452 g/mol. The van der Waals surface area contributed by atoms with Crippen LogP contribution in [0.5, 0.6) is 11.5 Å². The number of allylic oxidation sites excluding steroid dienone is 4. The molecule has 1 N–H and O–H groups in total. The second kappa shape index (κ2) is 9.33. The minimum absolute atomic E-state index is 0.229. The number of methoxy groups -OCH3 is 1. The van der Waals surface area contributed by atoms with Gasteiger partial charge in [0.1, 0.15) is 0 Å². The summed E-state index contributed by atoms with van der Waals surface area (Å²) in [5.74, 6) is 2.26. The maximum Gasteiger partial charge on any atom is 0.165 e. The second-order valence-electron chi connectivity index (χ2n) is 10.4. The highest BCUT2D eigenvalue weighted by Gasteiger charge is 2.29. The van der Waals surface area contributed by atoms with Crippen molar-refractivity contribution < 1.29 is 9.84 Å². The summed E-state index contributed by atoms with van der Waals surface area (Å²) in [5, 5.41) is 11.2. The molecule has 0 saturated carbocycles. The van der Waals surface area contributed by atoms with Crippen molar-refractivity contribution in [2.45, 2.75) is 59.3 Å². The van der Waals surface area contributed by atoms with E-state index in [4.69, 9.17) is 4.74 Å². The van der Waals surface area contributed by atoms with Gasteiger partial charge in [0.25, 0.3) is 0 Å². The lowest BCUT2D eigenvalue weighted by Gasteiger charge is -2.17. The molecule has 0 fully saturated rings. The molecule has 4 aliphatic carbocycles. The molecule has 2 atom stereocenters. The van der Waals surface area contributed by atoms with Crippen LogP contribution in [-0.2, 0) is 6.42 Å². The van der Waals surface area contributed by atoms with Crippen LogP contribution >= 0.6 is 0 Å². The van der Waals surface area contributed by atoms with E-state index in [-0.39, 0.29) is 5.75 Å². The van der Waals surface area contributed by atoms with Gasteiger partial charge >= 0.3 is 0 Å². The Balaban J connectivity index is 1.47. The fourth-order valence-electron chi connectivity index (χ4n) is 6.11. The molecule has 0 bridgehead atoms. The van der Waals surface area contributed by atoms with Gasteiger partial charge in [0.05, 0.1) is 7.11 Å². The lowest BCUT2D eigenvalue weighted by molar-refractivity contribution is 0.371. The van der Waals surface area contributed by atoms with Crippen molar-refractivity contribution in [3.63, 3.8) is 0 Å². The van der Waals surface area contributed by atoms with Gasteiger partial charge in [0.15, 0.2) is 11.5 Å². The third kappa shape index (κ3) is 4.15. The molecular weight excluding hydrogens is 416 g/mol. The van der Waals surface area contributed by atoms with Crippen LogP contribution in [0, 0.1) is 11.8 Å². The quantitative estimate of drug-likeness (QED) is 0.402. The first-order valence-electron chi connectivity index (χ1n) is 12.7. The van der Waals surface area contributed by atoms with Crippen LogP contribution in [0.15, 0.2) is 76.9 Å². The molecule has 4 aliphatic rings. The molecule has 0 radical (unpaired) electrons. The largest absolute Gasteiger partial charge is 0.504 e. The first-order valence-corrected chi connectivity index (χ1v) is 12.7. The van der Waals surface area contributed by atoms with Gasteiger partial charge in [-0.1, -0.05) is 84.7 Å². The predicted octanol–water partition coefficient (Wildman–Crippen LogP) is 8.58. The highest BCUT2D eigenvalue weighted by molar-refractivity contribution is 5.79. The Morgan fingerprint density at radius 3 is 2.32 bits per heavy atom. The fraction of sp³-hybridized carbons (Fsp3) is 0.375. The highest BCUT2D eigenvalue weighted by Crippen LogP contribution is 2.46. The van der Waals surface area contributed by atoms with Crippen LogP contribution in [-0.4, -0.2) is 12.2 Å². The maximum absolute atomic E-state index is 11.2. The Hall–Kier alpha value is -3.00. The van der Waals surface area contributed by atoms with Crippen LogP contribution in [0.25, 0.3) is 22.3 Å². The number of rotatable bonds is 4. The molecule has 2 unspecified atom stereocenters. The van der Waals surface area contributed by atoms with Crippen molar-refractivity contribution in [1.29, 1.82) is 0 Å². The number of hydrogen-bond acceptors (Lipinski definition) is 2. The maximum atomic E-state index is 11.2. The van der Waals surface area contributed by atoms with E-state index in [1.165, 1.54) is 42.4 Å². The SMILES string of the molecule is COc1c(CC(C)=C2CCC(C)C3=C(C2)C(C)CC3)ccc(-c2cccc3cccc-3c2)c1O. The third-order valence-electron chi connectivity index (χ3n) is 8.27. The molecule has 2 nitrogen and oxygen atoms in total. The van der Waals surface area contributed by atoms with Crippen molar-refractivity contribution in [1.82, 2.24) is 0 Å². The van der Waals surface area contributed by atoms with E-state index in [0.717, 1.165) is 35.4 Å². The molecule has 0 spiro atoms. The van der Waals surface area contributed by atoms with Crippen molar-refractivity contribution in [3.8, 4) is 33.8 Å². The smallest absolute Gasteiger partial charge is 0.165 e. The molecule has 2 heteroatoms. The second-order valence-corrected chi connectivity index (χ2v) is 10.4. The summed E-state index contributed by atoms with van der Waals surface area (Å²) in [6.07, 6.45) is 6.98. The number of hydrogen-bond donors (Lipinski definition) is 1. The minimum Gasteiger partial charge on any atom is -0.504 e. The van der Waals surface area contributed by atoms with Gasteiger partial charge in [-0.05, 0) is 80.0 Å². The van der Waals surface area contributed by atoms with Crippen LogP contribution in [0.2, 0.25) is 0 Å². The minimum atomic E-state index is 0.229. The van der Waals surface area contributed by atoms with E-state index in [0.29, 0.717) is 11.7 Å². The van der Waals surface area contributed by atoms with E-state index < -0.39 is 0 Å². The summed E-state index contributed by atoms with van der Waals surface area (Å²) in [7, 11) is 1.66. The molecule has 0 aliphatic heterocycles. The Labute approximate surface area is 204 Å². The molecule has 1 aromatic carbocycles. The van der Waals surface area contributed by atoms with Gasteiger partial charge in [0, 0.05) is 11.1 Å². The van der Waals surface area contributed by atoms with Crippen molar-refractivity contribution in [3.05, 3.63) is 82.5 Å². The Morgan fingerprint density at radius 2 is 1.56 bits per heavy atom. The zero-order valence-electron chi connectivity index (χ0n) is 20.9. The van der Waals surface area contributed by atoms with E-state index in [1.54, 1.807) is 23.8 Å². The number of benzene rings is 1. The van der Waals surface area contributed by atoms with Gasteiger partial charge in [0.2, 0.25) is 0 Å². The average molecular weight is 453 g/mol. The lowest BCUT2D eigenvalue weighted by atomic mass is 9.90. The molecule has 0 saturated heterocycles. The Morgan fingerprint density at radius 1 is 0.882 bits per heavy atom. The summed E-state index contributed by atoms with van der Waals surface area (Å²) in [6.45, 7) is 7.09. The Bertz CT molecular complexity index is 1250. The van der Waals surface area contributed by atoms with Gasteiger partial charge in [-0.15, -0.1) is 0 Å². The molecule has 176 valence electrons. The van der Waals surface area contributed by atoms with Crippen LogP contribution in [0.3, 0.4) is 0 Å². The summed E-state index contributed by atoms with van der Waals surface area (Å²) in [4.78, 5) is 0. The van der Waals surface area contributed by atoms with Gasteiger partial charge in [-0.3, -0.25) is 0 Å². The molecule has 0 amide bonds. The number of phenolic OH excluding ortho intramolecular Hbond substituents is 1. The van der Waals surface area contributed by atoms with Crippen molar-refractivity contribution in [2.24, 2.45) is 11.8 Å². The Kier molecular flexibility index (Phi) is 6.25. The molecule has 0 heterocycles. The summed E-state index contributed by atoms with van der Waals surface area (Å²) < 4.78 is 5.77. The molecule has 0 aromatic heterocycles. The zero-order valence-corrected chi connectivity index (χ0v) is 20.9. The predicted molar refractivity (Wildman–Crippen MR) is 142 cm³/mol. The number of fused-ring (bicyclic) bond motifs is 1. The van der Waals surface area contributed by atoms with Crippen LogP contribution in [0.4, 0.5) is 0 Å². The third-order valence-corrected chi connectivity index (χ3v) is 8.27. The summed E-state index contributed by atoms with van der Waals surface area (Å²) >= 11 is 0. The molecule has 34 heavy (non-hydrogen) atoms. The van der Waals surface area contributed by atoms with Crippen molar-refractivity contribution in [2.75, 3.05) is 7.11 Å². The fourth-order valence-corrected chi connectivity index (χ4v) is 6.11. The van der Waals surface area contributed by atoms with Gasteiger partial charge in [-0.25, -0.2) is 0 Å². The zero-order chi connectivity index (χ0) is 23.8. The van der Waals surface area contributed by atoms with Crippen LogP contribution in [0.1, 0.15) is 58.4 Å². The number of ether oxygens (including phenoxy) is 1. The standard InChI is InChI=1S/C32H36O2/c1-20-11-13-24(19-30-21(2)12-15-28(20)30)22(3)17-27-14-16-29(31(33)32(27)34-4)26-10-6-8-23-7-5-9-25(23)18-26/h5-10,14,16,18,20-21,33H,11-13,15,17,19H2,1-4H3. The van der Waals surface area contributed by atoms with E-state index in [1.807, 2.05) is 12.1 Å². The highest BCUT2D eigenvalue weighted by atomic mass is 16.5. The number of aromatic hydroxyl groups is 1. The molecule has 1 aromatic rings. The number of phenols is 1. The lowest BCUT2D eigenvalue weighted by Crippen LogP contribution is -2.00. The molecular formula is C32H36O2.